The molecule has 1 aromatic carbocycles. The highest BCUT2D eigenvalue weighted by Gasteiger charge is 2.34. The van der Waals surface area contributed by atoms with E-state index in [-0.39, 0.29) is 35.8 Å². The second-order valence-corrected chi connectivity index (χ2v) is 8.41. The van der Waals surface area contributed by atoms with Crippen molar-refractivity contribution in [3.05, 3.63) is 35.0 Å². The first-order valence-corrected chi connectivity index (χ1v) is 10.7. The Balaban J connectivity index is 1.42. The highest BCUT2D eigenvalue weighted by atomic mass is 35.5. The van der Waals surface area contributed by atoms with Crippen molar-refractivity contribution >= 4 is 45.7 Å². The van der Waals surface area contributed by atoms with E-state index in [9.17, 15) is 22.8 Å². The number of benzene rings is 1. The minimum Gasteiger partial charge on any atom is -0.382 e. The van der Waals surface area contributed by atoms with Crippen molar-refractivity contribution in [2.45, 2.75) is 56.8 Å². The van der Waals surface area contributed by atoms with Crippen LogP contribution >= 0.6 is 11.6 Å². The molecule has 1 aliphatic carbocycles. The van der Waals surface area contributed by atoms with Crippen molar-refractivity contribution in [3.8, 4) is 0 Å². The van der Waals surface area contributed by atoms with Gasteiger partial charge in [-0.25, -0.2) is 10.4 Å². The van der Waals surface area contributed by atoms with Crippen LogP contribution in [-0.2, 0) is 15.8 Å². The predicted octanol–water partition coefficient (Wildman–Crippen LogP) is 4.01. The van der Waals surface area contributed by atoms with Crippen LogP contribution in [-0.4, -0.2) is 34.6 Å². The van der Waals surface area contributed by atoms with Crippen LogP contribution in [0.3, 0.4) is 0 Å². The van der Waals surface area contributed by atoms with Crippen molar-refractivity contribution in [2.24, 2.45) is 5.10 Å². The number of halogens is 4. The molecule has 11 heteroatoms. The van der Waals surface area contributed by atoms with Crippen LogP contribution in [0, 0.1) is 0 Å². The van der Waals surface area contributed by atoms with Gasteiger partial charge in [-0.1, -0.05) is 11.6 Å². The first-order chi connectivity index (χ1) is 15.2. The molecule has 0 saturated heterocycles. The highest BCUT2D eigenvalue weighted by molar-refractivity contribution is 6.39. The number of aromatic nitrogens is 1. The molecule has 1 aliphatic heterocycles. The predicted molar refractivity (Wildman–Crippen MR) is 114 cm³/mol. The molecule has 0 unspecified atom stereocenters. The van der Waals surface area contributed by atoms with E-state index >= 15 is 0 Å². The summed E-state index contributed by atoms with van der Waals surface area (Å²) in [5.74, 6) is -0.516. The first kappa shape index (κ1) is 22.3. The molecule has 0 bridgehead atoms. The molecule has 2 heterocycles. The number of carbonyl (C=O) groups excluding carboxylic acids is 2. The molecule has 3 N–H and O–H groups in total. The lowest BCUT2D eigenvalue weighted by molar-refractivity contribution is -0.141. The van der Waals surface area contributed by atoms with E-state index in [0.717, 1.165) is 6.07 Å². The molecule has 2 aromatic rings. The van der Waals surface area contributed by atoms with E-state index in [0.29, 0.717) is 53.9 Å². The van der Waals surface area contributed by atoms with Gasteiger partial charge in [0, 0.05) is 41.0 Å². The van der Waals surface area contributed by atoms with E-state index in [1.165, 1.54) is 12.1 Å². The maximum absolute atomic E-state index is 13.3. The Morgan fingerprint density at radius 1 is 1.09 bits per heavy atom. The van der Waals surface area contributed by atoms with Crippen molar-refractivity contribution in [1.29, 1.82) is 0 Å². The minimum absolute atomic E-state index is 0.0554. The standard InChI is InChI=1S/C21H21ClF3N5O2/c22-11-1-6-15-14(9-11)17(10-18(28-15)21(23,24)25)26-12-2-4-13(5-3-12)27-20(32)16-7-8-19(31)30-29-16/h1,6,9-10,12-13H,2-5,7-8H2,(H,26,28)(H,27,32)(H,30,31)/t12-,13+. The number of hydrogen-bond donors (Lipinski definition) is 3. The summed E-state index contributed by atoms with van der Waals surface area (Å²) in [6.45, 7) is 0. The SMILES string of the molecule is O=C1CCC(C(=O)N[C@H]2CC[C@@H](Nc3cc(C(F)(F)F)nc4ccc(Cl)cc34)CC2)=NN1. The molecule has 1 saturated carbocycles. The molecule has 0 radical (unpaired) electrons. The average Bonchev–Trinajstić information content (AvgIpc) is 2.75. The lowest BCUT2D eigenvalue weighted by Crippen LogP contribution is -2.44. The number of nitrogens with zero attached hydrogens (tertiary/aromatic N) is 2. The zero-order valence-electron chi connectivity index (χ0n) is 16.9. The Hall–Kier alpha value is -2.88. The second-order valence-electron chi connectivity index (χ2n) is 7.97. The van der Waals surface area contributed by atoms with E-state index in [1.807, 2.05) is 0 Å². The molecule has 1 fully saturated rings. The van der Waals surface area contributed by atoms with Gasteiger partial charge in [0.2, 0.25) is 5.91 Å². The van der Waals surface area contributed by atoms with E-state index < -0.39 is 11.9 Å². The molecule has 32 heavy (non-hydrogen) atoms. The summed E-state index contributed by atoms with van der Waals surface area (Å²) in [5.41, 5.74) is 2.19. The second kappa shape index (κ2) is 8.93. The van der Waals surface area contributed by atoms with Crippen LogP contribution in [0.5, 0.6) is 0 Å². The first-order valence-electron chi connectivity index (χ1n) is 10.3. The van der Waals surface area contributed by atoms with Gasteiger partial charge >= 0.3 is 6.18 Å². The van der Waals surface area contributed by atoms with Crippen LogP contribution in [0.15, 0.2) is 29.4 Å². The smallest absolute Gasteiger partial charge is 0.382 e. The Morgan fingerprint density at radius 2 is 1.81 bits per heavy atom. The third kappa shape index (κ3) is 5.12. The molecule has 2 amide bonds. The van der Waals surface area contributed by atoms with Gasteiger partial charge in [0.1, 0.15) is 11.4 Å². The number of pyridine rings is 1. The number of hydrazone groups is 1. The van der Waals surface area contributed by atoms with Crippen molar-refractivity contribution in [3.63, 3.8) is 0 Å². The van der Waals surface area contributed by atoms with E-state index in [4.69, 9.17) is 11.6 Å². The molecular formula is C21H21ClF3N5O2. The zero-order chi connectivity index (χ0) is 22.9. The molecule has 4 rings (SSSR count). The zero-order valence-corrected chi connectivity index (χ0v) is 17.7. The summed E-state index contributed by atoms with van der Waals surface area (Å²) in [6.07, 6.45) is -1.37. The summed E-state index contributed by atoms with van der Waals surface area (Å²) < 4.78 is 39.9. The summed E-state index contributed by atoms with van der Waals surface area (Å²) in [4.78, 5) is 27.2. The van der Waals surface area contributed by atoms with E-state index in [2.05, 4.69) is 26.1 Å². The number of fused-ring (bicyclic) bond motifs is 1. The molecule has 1 aromatic heterocycles. The van der Waals surface area contributed by atoms with Crippen molar-refractivity contribution < 1.29 is 22.8 Å². The van der Waals surface area contributed by atoms with Crippen LogP contribution < -0.4 is 16.1 Å². The van der Waals surface area contributed by atoms with Gasteiger partial charge in [0.05, 0.1) is 5.52 Å². The van der Waals surface area contributed by atoms with Crippen molar-refractivity contribution in [2.75, 3.05) is 5.32 Å². The van der Waals surface area contributed by atoms with Gasteiger partial charge < -0.3 is 10.6 Å². The van der Waals surface area contributed by atoms with Gasteiger partial charge in [-0.2, -0.15) is 18.3 Å². The fraction of sp³-hybridized carbons (Fsp3) is 0.429. The Labute approximate surface area is 186 Å². The van der Waals surface area contributed by atoms with Crippen LogP contribution in [0.25, 0.3) is 10.9 Å². The number of nitrogens with one attached hydrogen (secondary N) is 3. The van der Waals surface area contributed by atoms with Crippen LogP contribution in [0.4, 0.5) is 18.9 Å². The molecule has 7 nitrogen and oxygen atoms in total. The molecular weight excluding hydrogens is 447 g/mol. The lowest BCUT2D eigenvalue weighted by Gasteiger charge is -2.31. The monoisotopic (exact) mass is 467 g/mol. The van der Waals surface area contributed by atoms with Crippen molar-refractivity contribution in [1.82, 2.24) is 15.7 Å². The maximum atomic E-state index is 13.3. The van der Waals surface area contributed by atoms with Gasteiger partial charge in [-0.15, -0.1) is 0 Å². The van der Waals surface area contributed by atoms with Crippen LogP contribution in [0.2, 0.25) is 5.02 Å². The number of hydrogen-bond acceptors (Lipinski definition) is 5. The van der Waals surface area contributed by atoms with Crippen LogP contribution in [0.1, 0.15) is 44.2 Å². The van der Waals surface area contributed by atoms with Gasteiger partial charge in [-0.3, -0.25) is 9.59 Å². The number of amides is 2. The van der Waals surface area contributed by atoms with Gasteiger partial charge in [0.25, 0.3) is 5.91 Å². The number of carbonyl (C=O) groups is 2. The third-order valence-corrected chi connectivity index (χ3v) is 5.88. The summed E-state index contributed by atoms with van der Waals surface area (Å²) in [7, 11) is 0. The third-order valence-electron chi connectivity index (χ3n) is 5.65. The highest BCUT2D eigenvalue weighted by Crippen LogP contribution is 2.35. The maximum Gasteiger partial charge on any atom is 0.433 e. The topological polar surface area (TPSA) is 95.5 Å². The normalized spacial score (nSPS) is 21.6. The number of rotatable bonds is 4. The number of anilines is 1. The molecule has 170 valence electrons. The molecule has 0 atom stereocenters. The summed E-state index contributed by atoms with van der Waals surface area (Å²) in [6, 6.07) is 5.48. The lowest BCUT2D eigenvalue weighted by atomic mass is 9.90. The van der Waals surface area contributed by atoms with Gasteiger partial charge in [0.15, 0.2) is 0 Å². The molecule has 0 spiro atoms. The number of alkyl halides is 3. The molecule has 2 aliphatic rings. The summed E-state index contributed by atoms with van der Waals surface area (Å²) >= 11 is 6.05. The fourth-order valence-electron chi connectivity index (χ4n) is 3.97. The minimum atomic E-state index is -4.56. The average molecular weight is 468 g/mol. The largest absolute Gasteiger partial charge is 0.433 e. The Kier molecular flexibility index (Phi) is 6.23. The fourth-order valence-corrected chi connectivity index (χ4v) is 4.14. The Morgan fingerprint density at radius 3 is 2.47 bits per heavy atom. The quantitative estimate of drug-likeness (QED) is 0.633. The van der Waals surface area contributed by atoms with E-state index in [1.54, 1.807) is 6.07 Å². The summed E-state index contributed by atoms with van der Waals surface area (Å²) in [5, 5.41) is 10.9. The Bertz CT molecular complexity index is 1080. The van der Waals surface area contributed by atoms with Gasteiger partial charge in [-0.05, 0) is 49.9 Å².